The van der Waals surface area contributed by atoms with Gasteiger partial charge in [0.25, 0.3) is 0 Å². The Hall–Kier alpha value is -4.04. The van der Waals surface area contributed by atoms with Crippen LogP contribution in [0.5, 0.6) is 0 Å². The standard InChI is InChI=1S/C13H12.C11H10N2.C6H6/c1-3-7-12(8-4-1)11-13-9-5-2-6-10-13;1-3-10(8-12-5-1)7-11-4-2-6-13-9-11;1-2-4-6-5-3-1/h1-10H,11H2;1-6,8-9H,7H2;1-6H. The van der Waals surface area contributed by atoms with Crippen LogP contribution in [0.15, 0.2) is 146 Å². The normalized spacial score (nSPS) is 9.50. The van der Waals surface area contributed by atoms with Crippen molar-refractivity contribution >= 4 is 0 Å². The van der Waals surface area contributed by atoms with Gasteiger partial charge in [-0.05, 0) is 40.8 Å². The molecule has 5 rings (SSSR count). The Morgan fingerprint density at radius 3 is 1.00 bits per heavy atom. The van der Waals surface area contributed by atoms with Crippen molar-refractivity contribution in [3.05, 3.63) is 168 Å². The van der Waals surface area contributed by atoms with Gasteiger partial charge in [-0.3, -0.25) is 9.97 Å². The molecular weight excluding hydrogens is 388 g/mol. The van der Waals surface area contributed by atoms with Gasteiger partial charge in [0.15, 0.2) is 0 Å². The molecule has 5 aromatic rings. The fraction of sp³-hybridized carbons (Fsp3) is 0.0667. The van der Waals surface area contributed by atoms with E-state index in [1.165, 1.54) is 22.3 Å². The Kier molecular flexibility index (Phi) is 9.94. The maximum Gasteiger partial charge on any atom is 0.0303 e. The summed E-state index contributed by atoms with van der Waals surface area (Å²) in [6.07, 6.45) is 9.27. The highest BCUT2D eigenvalue weighted by molar-refractivity contribution is 5.25. The summed E-state index contributed by atoms with van der Waals surface area (Å²) in [5.41, 5.74) is 5.17. The van der Waals surface area contributed by atoms with Crippen molar-refractivity contribution < 1.29 is 0 Å². The number of hydrogen-bond donors (Lipinski definition) is 0. The number of hydrogen-bond acceptors (Lipinski definition) is 2. The molecule has 0 atom stereocenters. The quantitative estimate of drug-likeness (QED) is 0.314. The smallest absolute Gasteiger partial charge is 0.0303 e. The van der Waals surface area contributed by atoms with Gasteiger partial charge in [-0.25, -0.2) is 0 Å². The average Bonchev–Trinajstić information content (AvgIpc) is 2.88. The third-order valence-corrected chi connectivity index (χ3v) is 4.61. The highest BCUT2D eigenvalue weighted by Gasteiger charge is 1.94. The van der Waals surface area contributed by atoms with Gasteiger partial charge in [0.2, 0.25) is 0 Å². The topological polar surface area (TPSA) is 25.8 Å². The fourth-order valence-electron chi connectivity index (χ4n) is 3.05. The van der Waals surface area contributed by atoms with Crippen LogP contribution in [0, 0.1) is 0 Å². The van der Waals surface area contributed by atoms with Gasteiger partial charge in [0.05, 0.1) is 0 Å². The zero-order valence-corrected chi connectivity index (χ0v) is 18.2. The summed E-state index contributed by atoms with van der Waals surface area (Å²) < 4.78 is 0. The van der Waals surface area contributed by atoms with Gasteiger partial charge >= 0.3 is 0 Å². The van der Waals surface area contributed by atoms with Gasteiger partial charge in [0.1, 0.15) is 0 Å². The summed E-state index contributed by atoms with van der Waals surface area (Å²) in [5.74, 6) is 0. The summed E-state index contributed by atoms with van der Waals surface area (Å²) in [6.45, 7) is 0. The van der Waals surface area contributed by atoms with Gasteiger partial charge < -0.3 is 0 Å². The minimum absolute atomic E-state index is 0.904. The molecule has 0 amide bonds. The molecular formula is C30H28N2. The van der Waals surface area contributed by atoms with Crippen molar-refractivity contribution in [2.24, 2.45) is 0 Å². The molecule has 2 heteroatoms. The summed E-state index contributed by atoms with van der Waals surface area (Å²) in [7, 11) is 0. The third-order valence-electron chi connectivity index (χ3n) is 4.61. The van der Waals surface area contributed by atoms with Crippen LogP contribution in [-0.4, -0.2) is 9.97 Å². The van der Waals surface area contributed by atoms with Crippen LogP contribution in [0.2, 0.25) is 0 Å². The molecule has 2 nitrogen and oxygen atoms in total. The molecule has 158 valence electrons. The molecule has 0 aliphatic rings. The molecule has 0 fully saturated rings. The third kappa shape index (κ3) is 9.19. The van der Waals surface area contributed by atoms with E-state index in [0.29, 0.717) is 0 Å². The molecule has 3 aromatic carbocycles. The Balaban J connectivity index is 0.000000145. The first kappa shape index (κ1) is 22.6. The van der Waals surface area contributed by atoms with Crippen molar-refractivity contribution in [1.82, 2.24) is 9.97 Å². The lowest BCUT2D eigenvalue weighted by Crippen LogP contribution is -1.88. The van der Waals surface area contributed by atoms with E-state index in [-0.39, 0.29) is 0 Å². The van der Waals surface area contributed by atoms with E-state index in [1.54, 1.807) is 12.4 Å². The maximum atomic E-state index is 4.06. The van der Waals surface area contributed by atoms with Gasteiger partial charge in [-0.2, -0.15) is 0 Å². The average molecular weight is 417 g/mol. The molecule has 0 bridgehead atoms. The number of pyridine rings is 2. The van der Waals surface area contributed by atoms with E-state index < -0.39 is 0 Å². The van der Waals surface area contributed by atoms with Crippen molar-refractivity contribution in [3.63, 3.8) is 0 Å². The monoisotopic (exact) mass is 416 g/mol. The highest BCUT2D eigenvalue weighted by Crippen LogP contribution is 2.08. The van der Waals surface area contributed by atoms with Crippen LogP contribution in [0.3, 0.4) is 0 Å². The number of rotatable bonds is 4. The van der Waals surface area contributed by atoms with E-state index in [4.69, 9.17) is 0 Å². The molecule has 0 radical (unpaired) electrons. The second kappa shape index (κ2) is 14.1. The zero-order valence-electron chi connectivity index (χ0n) is 18.2. The maximum absolute atomic E-state index is 4.06. The molecule has 2 heterocycles. The van der Waals surface area contributed by atoms with Gasteiger partial charge in [0, 0.05) is 31.2 Å². The van der Waals surface area contributed by atoms with Crippen LogP contribution in [0.25, 0.3) is 0 Å². The van der Waals surface area contributed by atoms with E-state index in [1.807, 2.05) is 60.9 Å². The number of aromatic nitrogens is 2. The fourth-order valence-corrected chi connectivity index (χ4v) is 3.05. The lowest BCUT2D eigenvalue weighted by atomic mass is 10.1. The Labute approximate surface area is 191 Å². The van der Waals surface area contributed by atoms with Crippen LogP contribution in [0.4, 0.5) is 0 Å². The van der Waals surface area contributed by atoms with Gasteiger partial charge in [-0.15, -0.1) is 0 Å². The second-order valence-electron chi connectivity index (χ2n) is 7.20. The molecule has 32 heavy (non-hydrogen) atoms. The second-order valence-corrected chi connectivity index (χ2v) is 7.20. The molecule has 2 aromatic heterocycles. The first-order valence-corrected chi connectivity index (χ1v) is 10.8. The van der Waals surface area contributed by atoms with Crippen LogP contribution in [0.1, 0.15) is 22.3 Å². The Morgan fingerprint density at radius 1 is 0.344 bits per heavy atom. The van der Waals surface area contributed by atoms with Crippen molar-refractivity contribution in [1.29, 1.82) is 0 Å². The zero-order chi connectivity index (χ0) is 22.1. The summed E-state index contributed by atoms with van der Waals surface area (Å²) in [5, 5.41) is 0. The molecule has 0 aliphatic heterocycles. The van der Waals surface area contributed by atoms with Gasteiger partial charge in [-0.1, -0.05) is 109 Å². The SMILES string of the molecule is c1ccc(Cc2ccccc2)cc1.c1ccccc1.c1cncc(Cc2cccnc2)c1. The van der Waals surface area contributed by atoms with Crippen molar-refractivity contribution in [2.75, 3.05) is 0 Å². The lowest BCUT2D eigenvalue weighted by molar-refractivity contribution is 1.12. The predicted octanol–water partition coefficient (Wildman–Crippen LogP) is 7.03. The summed E-state index contributed by atoms with van der Waals surface area (Å²) in [6, 6.07) is 41.1. The Bertz CT molecular complexity index is 903. The predicted molar refractivity (Wildman–Crippen MR) is 133 cm³/mol. The van der Waals surface area contributed by atoms with E-state index >= 15 is 0 Å². The largest absolute Gasteiger partial charge is 0.264 e. The molecule has 0 aliphatic carbocycles. The first-order chi connectivity index (χ1) is 15.9. The minimum Gasteiger partial charge on any atom is -0.264 e. The highest BCUT2D eigenvalue weighted by atomic mass is 14.6. The first-order valence-electron chi connectivity index (χ1n) is 10.8. The molecule has 0 saturated heterocycles. The van der Waals surface area contributed by atoms with Crippen LogP contribution in [-0.2, 0) is 12.8 Å². The Morgan fingerprint density at radius 2 is 0.656 bits per heavy atom. The van der Waals surface area contributed by atoms with E-state index in [9.17, 15) is 0 Å². The van der Waals surface area contributed by atoms with Crippen molar-refractivity contribution in [3.8, 4) is 0 Å². The lowest BCUT2D eigenvalue weighted by Gasteiger charge is -2.00. The van der Waals surface area contributed by atoms with Crippen molar-refractivity contribution in [2.45, 2.75) is 12.8 Å². The van der Waals surface area contributed by atoms with E-state index in [0.717, 1.165) is 12.8 Å². The summed E-state index contributed by atoms with van der Waals surface area (Å²) in [4.78, 5) is 8.12. The minimum atomic E-state index is 0.904. The molecule has 0 spiro atoms. The molecule has 0 saturated carbocycles. The van der Waals surface area contributed by atoms with E-state index in [2.05, 4.69) is 82.8 Å². The van der Waals surface area contributed by atoms with Crippen LogP contribution >= 0.6 is 0 Å². The molecule has 0 unspecified atom stereocenters. The number of nitrogens with zero attached hydrogens (tertiary/aromatic N) is 2. The number of benzene rings is 3. The van der Waals surface area contributed by atoms with Crippen LogP contribution < -0.4 is 0 Å². The summed E-state index contributed by atoms with van der Waals surface area (Å²) >= 11 is 0. The molecule has 0 N–H and O–H groups in total.